The predicted molar refractivity (Wildman–Crippen MR) is 61.5 cm³/mol. The van der Waals surface area contributed by atoms with Crippen molar-refractivity contribution in [3.8, 4) is 0 Å². The highest BCUT2D eigenvalue weighted by atomic mass is 16.6. The van der Waals surface area contributed by atoms with E-state index < -0.39 is 12.1 Å². The van der Waals surface area contributed by atoms with Crippen molar-refractivity contribution in [3.05, 3.63) is 0 Å². The number of alkyl carbamates (subject to hydrolysis) is 1. The lowest BCUT2D eigenvalue weighted by molar-refractivity contribution is -0.129. The van der Waals surface area contributed by atoms with Crippen molar-refractivity contribution in [3.63, 3.8) is 0 Å². The summed E-state index contributed by atoms with van der Waals surface area (Å²) in [5.74, 6) is 0. The summed E-state index contributed by atoms with van der Waals surface area (Å²) in [4.78, 5) is 21.2. The van der Waals surface area contributed by atoms with Crippen molar-refractivity contribution in [2.45, 2.75) is 38.6 Å². The summed E-state index contributed by atoms with van der Waals surface area (Å²) >= 11 is 0. The lowest BCUT2D eigenvalue weighted by Crippen LogP contribution is -2.41. The average molecular weight is 247 g/mol. The molecule has 0 heterocycles. The monoisotopic (exact) mass is 247 g/mol. The van der Waals surface area contributed by atoms with E-state index in [1.807, 2.05) is 0 Å². The van der Waals surface area contributed by atoms with Gasteiger partial charge < -0.3 is 19.9 Å². The molecule has 0 spiro atoms. The minimum absolute atomic E-state index is 0.0645. The molecule has 6 nitrogen and oxygen atoms in total. The summed E-state index contributed by atoms with van der Waals surface area (Å²) in [5, 5.41) is 11.3. The highest BCUT2D eigenvalue weighted by molar-refractivity contribution is 5.67. The predicted octanol–water partition coefficient (Wildman–Crippen LogP) is 0.827. The van der Waals surface area contributed by atoms with Gasteiger partial charge in [-0.05, 0) is 6.42 Å². The fraction of sp³-hybridized carbons (Fsp3) is 0.818. The second kappa shape index (κ2) is 11.2. The normalized spacial score (nSPS) is 11.6. The number of aliphatic hydroxyl groups is 1. The minimum atomic E-state index is -0.622. The van der Waals surface area contributed by atoms with Gasteiger partial charge in [0.2, 0.25) is 0 Å². The van der Waals surface area contributed by atoms with Crippen LogP contribution in [0.5, 0.6) is 0 Å². The molecule has 0 radical (unpaired) electrons. The number of carbonyl (C=O) groups excluding carboxylic acids is 2. The molecule has 6 heteroatoms. The molecular formula is C11H21NO5. The lowest BCUT2D eigenvalue weighted by atomic mass is 10.2. The Morgan fingerprint density at radius 1 is 1.41 bits per heavy atom. The molecule has 1 atom stereocenters. The van der Waals surface area contributed by atoms with E-state index in [2.05, 4.69) is 17.0 Å². The summed E-state index contributed by atoms with van der Waals surface area (Å²) in [6.07, 6.45) is 3.51. The zero-order chi connectivity index (χ0) is 12.9. The zero-order valence-electron chi connectivity index (χ0n) is 10.2. The topological polar surface area (TPSA) is 84.9 Å². The van der Waals surface area contributed by atoms with Crippen LogP contribution in [0.25, 0.3) is 0 Å². The Labute approximate surface area is 101 Å². The summed E-state index contributed by atoms with van der Waals surface area (Å²) in [6.45, 7) is 2.36. The molecule has 0 aliphatic carbocycles. The second-order valence-corrected chi connectivity index (χ2v) is 3.65. The van der Waals surface area contributed by atoms with Gasteiger partial charge in [0, 0.05) is 0 Å². The summed E-state index contributed by atoms with van der Waals surface area (Å²) in [6, 6.07) is -0.622. The van der Waals surface area contributed by atoms with Crippen LogP contribution in [0.2, 0.25) is 0 Å². The fourth-order valence-corrected chi connectivity index (χ4v) is 1.20. The van der Waals surface area contributed by atoms with Gasteiger partial charge in [-0.3, -0.25) is 4.79 Å². The van der Waals surface area contributed by atoms with Crippen molar-refractivity contribution in [1.29, 1.82) is 0 Å². The molecule has 0 saturated heterocycles. The largest absolute Gasteiger partial charge is 0.466 e. The maximum atomic E-state index is 11.2. The molecule has 0 saturated carbocycles. The van der Waals surface area contributed by atoms with Crippen molar-refractivity contribution < 1.29 is 24.2 Å². The van der Waals surface area contributed by atoms with Gasteiger partial charge in [-0.15, -0.1) is 0 Å². The van der Waals surface area contributed by atoms with Crippen LogP contribution >= 0.6 is 0 Å². The number of hydrogen-bond acceptors (Lipinski definition) is 5. The molecule has 0 aliphatic heterocycles. The van der Waals surface area contributed by atoms with Crippen molar-refractivity contribution >= 4 is 12.6 Å². The Kier molecular flexibility index (Phi) is 10.3. The smallest absolute Gasteiger partial charge is 0.407 e. The molecule has 0 aromatic carbocycles. The van der Waals surface area contributed by atoms with Gasteiger partial charge in [-0.25, -0.2) is 4.79 Å². The number of ether oxygens (including phenoxy) is 2. The molecule has 100 valence electrons. The standard InChI is InChI=1S/C11H21NO5/c1-2-3-4-5-6-17-11(15)12-10(7-13)8-16-9-14/h9-10,13H,2-8H2,1H3,(H,12,15). The van der Waals surface area contributed by atoms with Gasteiger partial charge in [0.1, 0.15) is 6.61 Å². The van der Waals surface area contributed by atoms with Crippen LogP contribution in [-0.2, 0) is 14.3 Å². The summed E-state index contributed by atoms with van der Waals surface area (Å²) < 4.78 is 9.33. The Morgan fingerprint density at radius 2 is 2.18 bits per heavy atom. The van der Waals surface area contributed by atoms with Crippen LogP contribution < -0.4 is 5.32 Å². The third-order valence-corrected chi connectivity index (χ3v) is 2.14. The molecule has 0 bridgehead atoms. The minimum Gasteiger partial charge on any atom is -0.466 e. The van der Waals surface area contributed by atoms with Crippen LogP contribution in [-0.4, -0.2) is 43.5 Å². The van der Waals surface area contributed by atoms with Crippen molar-refractivity contribution in [1.82, 2.24) is 5.32 Å². The molecule has 0 aromatic heterocycles. The third-order valence-electron chi connectivity index (χ3n) is 2.14. The van der Waals surface area contributed by atoms with Crippen molar-refractivity contribution in [2.75, 3.05) is 19.8 Å². The zero-order valence-corrected chi connectivity index (χ0v) is 10.2. The first-order valence-electron chi connectivity index (χ1n) is 5.84. The van der Waals surface area contributed by atoms with Crippen molar-refractivity contribution in [2.24, 2.45) is 0 Å². The summed E-state index contributed by atoms with van der Waals surface area (Å²) in [7, 11) is 0. The van der Waals surface area contributed by atoms with Crippen LogP contribution in [0.1, 0.15) is 32.6 Å². The molecule has 1 amide bonds. The van der Waals surface area contributed by atoms with E-state index in [0.29, 0.717) is 6.61 Å². The molecule has 0 fully saturated rings. The molecule has 2 N–H and O–H groups in total. The highest BCUT2D eigenvalue weighted by Gasteiger charge is 2.12. The van der Waals surface area contributed by atoms with E-state index in [-0.39, 0.29) is 19.7 Å². The van der Waals surface area contributed by atoms with E-state index >= 15 is 0 Å². The number of amides is 1. The molecule has 17 heavy (non-hydrogen) atoms. The van der Waals surface area contributed by atoms with E-state index in [1.165, 1.54) is 0 Å². The van der Waals surface area contributed by atoms with E-state index in [1.54, 1.807) is 0 Å². The van der Waals surface area contributed by atoms with Gasteiger partial charge in [0.05, 0.1) is 19.3 Å². The van der Waals surface area contributed by atoms with E-state index in [0.717, 1.165) is 25.7 Å². The lowest BCUT2D eigenvalue weighted by Gasteiger charge is -2.14. The van der Waals surface area contributed by atoms with Crippen LogP contribution in [0.3, 0.4) is 0 Å². The third kappa shape index (κ3) is 9.62. The summed E-state index contributed by atoms with van der Waals surface area (Å²) in [5.41, 5.74) is 0. The second-order valence-electron chi connectivity index (χ2n) is 3.65. The number of aliphatic hydroxyl groups excluding tert-OH is 1. The van der Waals surface area contributed by atoms with Gasteiger partial charge in [-0.1, -0.05) is 26.2 Å². The SMILES string of the molecule is CCCCCCOC(=O)NC(CO)COC=O. The first-order valence-corrected chi connectivity index (χ1v) is 5.84. The van der Waals surface area contributed by atoms with E-state index in [9.17, 15) is 9.59 Å². The number of rotatable bonds is 10. The highest BCUT2D eigenvalue weighted by Crippen LogP contribution is 1.99. The Hall–Kier alpha value is -1.30. The van der Waals surface area contributed by atoms with Crippen LogP contribution in [0.4, 0.5) is 4.79 Å². The number of nitrogens with one attached hydrogen (secondary N) is 1. The molecular weight excluding hydrogens is 226 g/mol. The molecule has 0 rings (SSSR count). The molecule has 1 unspecified atom stereocenters. The quantitative estimate of drug-likeness (QED) is 0.441. The Morgan fingerprint density at radius 3 is 2.76 bits per heavy atom. The van der Waals surface area contributed by atoms with Gasteiger partial charge in [0.25, 0.3) is 6.47 Å². The Balaban J connectivity index is 3.57. The van der Waals surface area contributed by atoms with Crippen LogP contribution in [0, 0.1) is 0 Å². The average Bonchev–Trinajstić information content (AvgIpc) is 2.34. The molecule has 0 aliphatic rings. The number of hydrogen-bond donors (Lipinski definition) is 2. The maximum absolute atomic E-state index is 11.2. The van der Waals surface area contributed by atoms with Gasteiger partial charge in [-0.2, -0.15) is 0 Å². The Bertz CT molecular complexity index is 210. The number of carbonyl (C=O) groups is 2. The van der Waals surface area contributed by atoms with Gasteiger partial charge >= 0.3 is 6.09 Å². The van der Waals surface area contributed by atoms with Crippen LogP contribution in [0.15, 0.2) is 0 Å². The molecule has 0 aromatic rings. The first-order chi connectivity index (χ1) is 8.24. The van der Waals surface area contributed by atoms with Gasteiger partial charge in [0.15, 0.2) is 0 Å². The fourth-order valence-electron chi connectivity index (χ4n) is 1.20. The number of unbranched alkanes of at least 4 members (excludes halogenated alkanes) is 3. The first kappa shape index (κ1) is 15.7. The van der Waals surface area contributed by atoms with E-state index in [4.69, 9.17) is 9.84 Å². The maximum Gasteiger partial charge on any atom is 0.407 e.